The van der Waals surface area contributed by atoms with Crippen LogP contribution < -0.4 is 11.1 Å². The monoisotopic (exact) mass is 230 g/mol. The number of carbonyl (C=O) groups is 1. The number of nitrogens with one attached hydrogen (secondary N) is 1. The summed E-state index contributed by atoms with van der Waals surface area (Å²) in [6, 6.07) is 0.321. The summed E-state index contributed by atoms with van der Waals surface area (Å²) >= 11 is 1.75. The summed E-state index contributed by atoms with van der Waals surface area (Å²) < 4.78 is 0. The van der Waals surface area contributed by atoms with E-state index in [2.05, 4.69) is 11.6 Å². The van der Waals surface area contributed by atoms with Gasteiger partial charge in [0.25, 0.3) is 0 Å². The molecule has 0 saturated heterocycles. The minimum atomic E-state index is 0.0445. The van der Waals surface area contributed by atoms with Gasteiger partial charge in [-0.2, -0.15) is 11.8 Å². The van der Waals surface area contributed by atoms with Crippen LogP contribution >= 0.6 is 11.8 Å². The second-order valence-electron chi connectivity index (χ2n) is 4.42. The van der Waals surface area contributed by atoms with Crippen LogP contribution in [0.5, 0.6) is 0 Å². The molecule has 0 aromatic heterocycles. The van der Waals surface area contributed by atoms with Crippen molar-refractivity contribution < 1.29 is 4.79 Å². The van der Waals surface area contributed by atoms with E-state index in [4.69, 9.17) is 5.73 Å². The maximum absolute atomic E-state index is 11.9. The van der Waals surface area contributed by atoms with E-state index in [1.54, 1.807) is 11.8 Å². The molecule has 88 valence electrons. The lowest BCUT2D eigenvalue weighted by Gasteiger charge is -2.28. The van der Waals surface area contributed by atoms with Gasteiger partial charge in [0, 0.05) is 17.8 Å². The molecular formula is C11H22N2OS. The van der Waals surface area contributed by atoms with E-state index in [9.17, 15) is 4.79 Å². The van der Waals surface area contributed by atoms with Gasteiger partial charge in [0.2, 0.25) is 5.91 Å². The van der Waals surface area contributed by atoms with Crippen LogP contribution in [0.1, 0.15) is 32.6 Å². The number of thioether (sulfide) groups is 1. The van der Waals surface area contributed by atoms with Crippen LogP contribution in [0.25, 0.3) is 0 Å². The van der Waals surface area contributed by atoms with Gasteiger partial charge in [-0.1, -0.05) is 12.8 Å². The van der Waals surface area contributed by atoms with Crippen LogP contribution in [0.3, 0.4) is 0 Å². The molecule has 0 aromatic rings. The minimum absolute atomic E-state index is 0.0445. The van der Waals surface area contributed by atoms with Crippen molar-refractivity contribution >= 4 is 17.7 Å². The molecule has 0 aromatic carbocycles. The van der Waals surface area contributed by atoms with Crippen molar-refractivity contribution in [3.63, 3.8) is 0 Å². The predicted octanol–water partition coefficient (Wildman–Crippen LogP) is 1.37. The fourth-order valence-electron chi connectivity index (χ4n) is 2.13. The zero-order valence-electron chi connectivity index (χ0n) is 9.66. The third kappa shape index (κ3) is 4.03. The molecule has 1 saturated carbocycles. The Morgan fingerprint density at radius 3 is 2.80 bits per heavy atom. The first-order chi connectivity index (χ1) is 7.15. The molecule has 0 spiro atoms. The number of rotatable bonds is 4. The van der Waals surface area contributed by atoms with Gasteiger partial charge < -0.3 is 11.1 Å². The Morgan fingerprint density at radius 1 is 1.53 bits per heavy atom. The molecule has 0 radical (unpaired) electrons. The largest absolute Gasteiger partial charge is 0.353 e. The maximum atomic E-state index is 11.9. The quantitative estimate of drug-likeness (QED) is 0.767. The van der Waals surface area contributed by atoms with E-state index in [0.717, 1.165) is 25.0 Å². The van der Waals surface area contributed by atoms with Crippen LogP contribution in [0.4, 0.5) is 0 Å². The molecule has 0 bridgehead atoms. The molecule has 3 atom stereocenters. The molecule has 3 N–H and O–H groups in total. The van der Waals surface area contributed by atoms with Gasteiger partial charge in [-0.25, -0.2) is 0 Å². The smallest absolute Gasteiger partial charge is 0.224 e. The fourth-order valence-corrected chi connectivity index (χ4v) is 2.71. The third-order valence-electron chi connectivity index (χ3n) is 2.96. The van der Waals surface area contributed by atoms with Crippen LogP contribution in [-0.4, -0.2) is 30.0 Å². The fraction of sp³-hybridized carbons (Fsp3) is 0.909. The number of carbonyl (C=O) groups excluding carboxylic acids is 1. The molecule has 1 rings (SSSR count). The average Bonchev–Trinajstić information content (AvgIpc) is 2.18. The van der Waals surface area contributed by atoms with Gasteiger partial charge in [0.15, 0.2) is 0 Å². The lowest BCUT2D eigenvalue weighted by Crippen LogP contribution is -2.46. The molecule has 1 aliphatic rings. The van der Waals surface area contributed by atoms with Crippen molar-refractivity contribution in [3.05, 3.63) is 0 Å². The van der Waals surface area contributed by atoms with E-state index in [1.165, 1.54) is 6.42 Å². The van der Waals surface area contributed by atoms with Crippen molar-refractivity contribution in [3.8, 4) is 0 Å². The second-order valence-corrected chi connectivity index (χ2v) is 5.33. The van der Waals surface area contributed by atoms with Gasteiger partial charge in [-0.05, 0) is 26.0 Å². The van der Waals surface area contributed by atoms with Crippen LogP contribution in [0.15, 0.2) is 0 Å². The normalized spacial score (nSPS) is 28.5. The van der Waals surface area contributed by atoms with Crippen LogP contribution in [0.2, 0.25) is 0 Å². The summed E-state index contributed by atoms with van der Waals surface area (Å²) in [7, 11) is 0. The number of hydrogen-bond donors (Lipinski definition) is 2. The molecule has 0 aliphatic heterocycles. The first-order valence-electron chi connectivity index (χ1n) is 5.70. The molecule has 15 heavy (non-hydrogen) atoms. The maximum Gasteiger partial charge on any atom is 0.224 e. The number of amides is 1. The average molecular weight is 230 g/mol. The topological polar surface area (TPSA) is 55.1 Å². The summed E-state index contributed by atoms with van der Waals surface area (Å²) in [5.41, 5.74) is 5.96. The molecule has 1 fully saturated rings. The molecular weight excluding hydrogens is 208 g/mol. The van der Waals surface area contributed by atoms with Crippen molar-refractivity contribution in [1.29, 1.82) is 0 Å². The first-order valence-corrected chi connectivity index (χ1v) is 7.09. The lowest BCUT2D eigenvalue weighted by molar-refractivity contribution is -0.126. The van der Waals surface area contributed by atoms with Gasteiger partial charge in [-0.15, -0.1) is 0 Å². The summed E-state index contributed by atoms with van der Waals surface area (Å²) in [5, 5.41) is 3.04. The Hall–Kier alpha value is -0.220. The highest BCUT2D eigenvalue weighted by molar-refractivity contribution is 7.98. The van der Waals surface area contributed by atoms with Crippen LogP contribution in [0, 0.1) is 5.92 Å². The number of nitrogens with two attached hydrogens (primary N) is 1. The van der Waals surface area contributed by atoms with Crippen LogP contribution in [-0.2, 0) is 4.79 Å². The van der Waals surface area contributed by atoms with Gasteiger partial charge in [-0.3, -0.25) is 4.79 Å². The zero-order valence-corrected chi connectivity index (χ0v) is 10.5. The summed E-state index contributed by atoms with van der Waals surface area (Å²) in [4.78, 5) is 11.9. The summed E-state index contributed by atoms with van der Waals surface area (Å²) in [6.07, 6.45) is 6.32. The van der Waals surface area contributed by atoms with E-state index in [-0.39, 0.29) is 23.9 Å². The highest BCUT2D eigenvalue weighted by Crippen LogP contribution is 2.23. The Kier molecular flexibility index (Phi) is 5.47. The summed E-state index contributed by atoms with van der Waals surface area (Å²) in [5.74, 6) is 1.17. The summed E-state index contributed by atoms with van der Waals surface area (Å²) in [6.45, 7) is 2.04. The van der Waals surface area contributed by atoms with Gasteiger partial charge >= 0.3 is 0 Å². The number of hydrogen-bond acceptors (Lipinski definition) is 3. The lowest BCUT2D eigenvalue weighted by atomic mass is 9.84. The Balaban J connectivity index is 2.37. The van der Waals surface area contributed by atoms with Crippen molar-refractivity contribution in [2.24, 2.45) is 11.7 Å². The zero-order chi connectivity index (χ0) is 11.3. The van der Waals surface area contributed by atoms with E-state index in [0.29, 0.717) is 0 Å². The third-order valence-corrected chi connectivity index (χ3v) is 3.79. The van der Waals surface area contributed by atoms with E-state index < -0.39 is 0 Å². The molecule has 4 heteroatoms. The SMILES string of the molecule is CSCC(C)NC(=O)C1CCCCC1N. The van der Waals surface area contributed by atoms with Crippen molar-refractivity contribution in [2.75, 3.05) is 12.0 Å². The Labute approximate surface area is 96.6 Å². The van der Waals surface area contributed by atoms with Crippen molar-refractivity contribution in [2.45, 2.75) is 44.7 Å². The molecule has 1 amide bonds. The van der Waals surface area contributed by atoms with E-state index >= 15 is 0 Å². The molecule has 3 unspecified atom stereocenters. The standard InChI is InChI=1S/C11H22N2OS/c1-8(7-15-2)13-11(14)9-5-3-4-6-10(9)12/h8-10H,3-7,12H2,1-2H3,(H,13,14). The first kappa shape index (κ1) is 12.8. The highest BCUT2D eigenvalue weighted by atomic mass is 32.2. The van der Waals surface area contributed by atoms with Gasteiger partial charge in [0.1, 0.15) is 0 Å². The van der Waals surface area contributed by atoms with E-state index in [1.807, 2.05) is 6.92 Å². The molecule has 1 aliphatic carbocycles. The minimum Gasteiger partial charge on any atom is -0.353 e. The Morgan fingerprint density at radius 2 is 2.20 bits per heavy atom. The second kappa shape index (κ2) is 6.38. The Bertz CT molecular complexity index is 211. The molecule has 0 heterocycles. The predicted molar refractivity (Wildman–Crippen MR) is 65.9 cm³/mol. The molecule has 3 nitrogen and oxygen atoms in total. The van der Waals surface area contributed by atoms with Gasteiger partial charge in [0.05, 0.1) is 5.92 Å². The highest BCUT2D eigenvalue weighted by Gasteiger charge is 2.28. The van der Waals surface area contributed by atoms with Crippen molar-refractivity contribution in [1.82, 2.24) is 5.32 Å².